The normalized spacial score (nSPS) is 10.8. The number of hydrogen-bond donors (Lipinski definition) is 1. The minimum absolute atomic E-state index is 0.348. The molecule has 0 unspecified atom stereocenters. The molecule has 0 aliphatic carbocycles. The Morgan fingerprint density at radius 3 is 2.39 bits per heavy atom. The number of benzene rings is 3. The zero-order valence-electron chi connectivity index (χ0n) is 14.5. The summed E-state index contributed by atoms with van der Waals surface area (Å²) in [7, 11) is 0. The van der Waals surface area contributed by atoms with E-state index in [9.17, 15) is 4.79 Å². The van der Waals surface area contributed by atoms with Gasteiger partial charge in [0.15, 0.2) is 0 Å². The minimum atomic E-state index is -0.348. The third-order valence-corrected chi connectivity index (χ3v) is 4.87. The van der Waals surface area contributed by atoms with Crippen LogP contribution in [0.15, 0.2) is 71.8 Å². The van der Waals surface area contributed by atoms with Gasteiger partial charge in [-0.2, -0.15) is 5.10 Å². The summed E-state index contributed by atoms with van der Waals surface area (Å²) >= 11 is 17.9. The van der Waals surface area contributed by atoms with Crippen molar-refractivity contribution in [3.8, 4) is 5.75 Å². The first-order valence-corrected chi connectivity index (χ1v) is 9.41. The highest BCUT2D eigenvalue weighted by molar-refractivity contribution is 6.43. The van der Waals surface area contributed by atoms with Crippen LogP contribution in [0, 0.1) is 0 Å². The Kier molecular flexibility index (Phi) is 6.93. The second-order valence-corrected chi connectivity index (χ2v) is 7.00. The second-order valence-electron chi connectivity index (χ2n) is 5.78. The van der Waals surface area contributed by atoms with E-state index in [1.54, 1.807) is 42.5 Å². The van der Waals surface area contributed by atoms with Gasteiger partial charge in [-0.15, -0.1) is 0 Å². The number of nitrogens with one attached hydrogen (secondary N) is 1. The van der Waals surface area contributed by atoms with Crippen LogP contribution in [0.1, 0.15) is 21.5 Å². The molecule has 3 rings (SSSR count). The Labute approximate surface area is 177 Å². The zero-order valence-corrected chi connectivity index (χ0v) is 16.8. The van der Waals surface area contributed by atoms with Crippen LogP contribution < -0.4 is 10.2 Å². The lowest BCUT2D eigenvalue weighted by atomic mass is 10.2. The summed E-state index contributed by atoms with van der Waals surface area (Å²) in [6.07, 6.45) is 1.44. The molecule has 3 aromatic carbocycles. The monoisotopic (exact) mass is 432 g/mol. The van der Waals surface area contributed by atoms with E-state index in [0.717, 1.165) is 5.56 Å². The van der Waals surface area contributed by atoms with Crippen molar-refractivity contribution in [3.63, 3.8) is 0 Å². The number of nitrogens with zero attached hydrogens (tertiary/aromatic N) is 1. The fourth-order valence-electron chi connectivity index (χ4n) is 2.30. The fourth-order valence-corrected chi connectivity index (χ4v) is 2.78. The van der Waals surface area contributed by atoms with Crippen molar-refractivity contribution in [2.45, 2.75) is 6.61 Å². The molecule has 0 aliphatic rings. The number of halogens is 3. The highest BCUT2D eigenvalue weighted by atomic mass is 35.5. The van der Waals surface area contributed by atoms with Crippen LogP contribution in [0.2, 0.25) is 15.1 Å². The Morgan fingerprint density at radius 1 is 0.964 bits per heavy atom. The van der Waals surface area contributed by atoms with Gasteiger partial charge in [-0.25, -0.2) is 5.43 Å². The van der Waals surface area contributed by atoms with Gasteiger partial charge in [-0.3, -0.25) is 4.79 Å². The molecular weight excluding hydrogens is 419 g/mol. The second kappa shape index (κ2) is 9.60. The molecule has 0 fully saturated rings. The number of carbonyl (C=O) groups is 1. The smallest absolute Gasteiger partial charge is 0.271 e. The average Bonchev–Trinajstić information content (AvgIpc) is 2.71. The van der Waals surface area contributed by atoms with Crippen LogP contribution in [0.4, 0.5) is 0 Å². The molecule has 0 saturated heterocycles. The number of hydrogen-bond acceptors (Lipinski definition) is 3. The van der Waals surface area contributed by atoms with E-state index in [1.807, 2.05) is 24.3 Å². The Morgan fingerprint density at radius 2 is 1.68 bits per heavy atom. The van der Waals surface area contributed by atoms with Crippen LogP contribution in [-0.2, 0) is 6.61 Å². The van der Waals surface area contributed by atoms with Crippen molar-refractivity contribution in [3.05, 3.63) is 98.5 Å². The minimum Gasteiger partial charge on any atom is -0.489 e. The third kappa shape index (κ3) is 5.49. The predicted molar refractivity (Wildman–Crippen MR) is 114 cm³/mol. The number of hydrazone groups is 1. The summed E-state index contributed by atoms with van der Waals surface area (Å²) in [5.74, 6) is 0.305. The van der Waals surface area contributed by atoms with Gasteiger partial charge in [0, 0.05) is 16.1 Å². The molecular formula is C21H15Cl3N2O2. The third-order valence-electron chi connectivity index (χ3n) is 3.79. The number of amides is 1. The summed E-state index contributed by atoms with van der Waals surface area (Å²) < 4.78 is 5.70. The average molecular weight is 434 g/mol. The zero-order chi connectivity index (χ0) is 19.9. The molecule has 0 saturated carbocycles. The van der Waals surface area contributed by atoms with Crippen LogP contribution >= 0.6 is 34.8 Å². The first-order valence-electron chi connectivity index (χ1n) is 8.27. The van der Waals surface area contributed by atoms with Crippen molar-refractivity contribution in [1.29, 1.82) is 0 Å². The van der Waals surface area contributed by atoms with Crippen LogP contribution in [0.5, 0.6) is 5.75 Å². The number of ether oxygens (including phenoxy) is 1. The number of rotatable bonds is 6. The van der Waals surface area contributed by atoms with Crippen LogP contribution in [0.25, 0.3) is 0 Å². The first kappa shape index (κ1) is 20.2. The lowest BCUT2D eigenvalue weighted by Gasteiger charge is -2.07. The lowest BCUT2D eigenvalue weighted by Crippen LogP contribution is -2.17. The maximum Gasteiger partial charge on any atom is 0.271 e. The molecule has 28 heavy (non-hydrogen) atoms. The molecule has 1 N–H and O–H groups in total. The quantitative estimate of drug-likeness (QED) is 0.383. The summed E-state index contributed by atoms with van der Waals surface area (Å²) in [5, 5.41) is 5.40. The van der Waals surface area contributed by atoms with Crippen molar-refractivity contribution in [1.82, 2.24) is 5.43 Å². The maximum absolute atomic E-state index is 12.2. The fraction of sp³-hybridized carbons (Fsp3) is 0.0476. The van der Waals surface area contributed by atoms with Gasteiger partial charge in [0.05, 0.1) is 16.3 Å². The van der Waals surface area contributed by atoms with Gasteiger partial charge >= 0.3 is 0 Å². The van der Waals surface area contributed by atoms with Crippen molar-refractivity contribution in [2.75, 3.05) is 0 Å². The molecule has 0 aromatic heterocycles. The van der Waals surface area contributed by atoms with Gasteiger partial charge in [-0.05, 0) is 48.0 Å². The highest BCUT2D eigenvalue weighted by Gasteiger charge is 2.06. The van der Waals surface area contributed by atoms with E-state index < -0.39 is 0 Å². The summed E-state index contributed by atoms with van der Waals surface area (Å²) in [6.45, 7) is 0.410. The van der Waals surface area contributed by atoms with E-state index in [0.29, 0.717) is 38.6 Å². The molecule has 0 heterocycles. The highest BCUT2D eigenvalue weighted by Crippen LogP contribution is 2.24. The van der Waals surface area contributed by atoms with E-state index >= 15 is 0 Å². The van der Waals surface area contributed by atoms with Crippen LogP contribution in [-0.4, -0.2) is 12.1 Å². The molecule has 0 atom stereocenters. The maximum atomic E-state index is 12.2. The summed E-state index contributed by atoms with van der Waals surface area (Å²) in [5.41, 5.74) is 4.52. The molecule has 0 spiro atoms. The molecule has 0 bridgehead atoms. The van der Waals surface area contributed by atoms with Gasteiger partial charge in [0.2, 0.25) is 0 Å². The molecule has 0 aliphatic heterocycles. The van der Waals surface area contributed by atoms with E-state index in [-0.39, 0.29) is 5.91 Å². The summed E-state index contributed by atoms with van der Waals surface area (Å²) in [4.78, 5) is 12.2. The van der Waals surface area contributed by atoms with Gasteiger partial charge in [-0.1, -0.05) is 59.1 Å². The Balaban J connectivity index is 1.55. The molecule has 142 valence electrons. The SMILES string of the molecule is O=C(NN=Cc1cccc(Cl)c1Cl)c1ccc(OCc2ccc(Cl)cc2)cc1. The van der Waals surface area contributed by atoms with Crippen molar-refractivity contribution >= 4 is 46.9 Å². The van der Waals surface area contributed by atoms with Crippen molar-refractivity contribution in [2.24, 2.45) is 5.10 Å². The largest absolute Gasteiger partial charge is 0.489 e. The number of carbonyl (C=O) groups excluding carboxylic acids is 1. The molecule has 0 radical (unpaired) electrons. The molecule has 7 heteroatoms. The molecule has 1 amide bonds. The Hall–Kier alpha value is -2.53. The molecule has 3 aromatic rings. The van der Waals surface area contributed by atoms with E-state index in [1.165, 1.54) is 6.21 Å². The first-order chi connectivity index (χ1) is 13.5. The lowest BCUT2D eigenvalue weighted by molar-refractivity contribution is 0.0955. The van der Waals surface area contributed by atoms with Gasteiger partial charge in [0.25, 0.3) is 5.91 Å². The van der Waals surface area contributed by atoms with E-state index in [2.05, 4.69) is 10.5 Å². The predicted octanol–water partition coefficient (Wildman–Crippen LogP) is 5.99. The van der Waals surface area contributed by atoms with Gasteiger partial charge < -0.3 is 4.74 Å². The van der Waals surface area contributed by atoms with E-state index in [4.69, 9.17) is 39.5 Å². The van der Waals surface area contributed by atoms with Gasteiger partial charge in [0.1, 0.15) is 12.4 Å². The summed E-state index contributed by atoms with van der Waals surface area (Å²) in [6, 6.07) is 19.4. The topological polar surface area (TPSA) is 50.7 Å². The standard InChI is InChI=1S/C21H15Cl3N2O2/c22-17-8-4-14(5-9-17)13-28-18-10-6-15(7-11-18)21(27)26-25-12-16-2-1-3-19(23)20(16)24/h1-12H,13H2,(H,26,27). The van der Waals surface area contributed by atoms with Crippen LogP contribution in [0.3, 0.4) is 0 Å². The van der Waals surface area contributed by atoms with Crippen molar-refractivity contribution < 1.29 is 9.53 Å². The molecule has 4 nitrogen and oxygen atoms in total. The Bertz CT molecular complexity index is 988.